The zero-order valence-corrected chi connectivity index (χ0v) is 10.0. The minimum atomic E-state index is 0.524. The van der Waals surface area contributed by atoms with Gasteiger partial charge < -0.3 is 10.6 Å². The maximum atomic E-state index is 5.87. The van der Waals surface area contributed by atoms with Crippen molar-refractivity contribution in [3.63, 3.8) is 0 Å². The van der Waals surface area contributed by atoms with E-state index < -0.39 is 0 Å². The minimum Gasteiger partial charge on any atom is -0.384 e. The highest BCUT2D eigenvalue weighted by Gasteiger charge is 2.25. The number of fused-ring (bicyclic) bond motifs is 1. The number of likely N-dealkylation sites (N-methyl/N-ethyl adjacent to an activating group) is 1. The summed E-state index contributed by atoms with van der Waals surface area (Å²) in [5, 5.41) is 4.57. The first-order valence-electron chi connectivity index (χ1n) is 6.10. The van der Waals surface area contributed by atoms with Crippen LogP contribution in [0.25, 0.3) is 5.65 Å². The molecule has 17 heavy (non-hydrogen) atoms. The zero-order chi connectivity index (χ0) is 11.8. The Morgan fingerprint density at radius 3 is 3.12 bits per heavy atom. The first-order valence-corrected chi connectivity index (χ1v) is 6.10. The van der Waals surface area contributed by atoms with Crippen molar-refractivity contribution in [2.45, 2.75) is 19.3 Å². The second-order valence-electron chi connectivity index (χ2n) is 4.59. The molecule has 2 aromatic rings. The molecule has 0 aliphatic carbocycles. The van der Waals surface area contributed by atoms with E-state index in [1.165, 1.54) is 6.42 Å². The molecule has 5 nitrogen and oxygen atoms in total. The molecule has 2 aromatic heterocycles. The average molecular weight is 231 g/mol. The third-order valence-electron chi connectivity index (χ3n) is 3.54. The molecular weight excluding hydrogens is 214 g/mol. The van der Waals surface area contributed by atoms with E-state index in [1.54, 1.807) is 16.8 Å². The molecule has 1 unspecified atom stereocenters. The Morgan fingerprint density at radius 1 is 1.53 bits per heavy atom. The fraction of sp³-hybridized carbons (Fsp3) is 0.500. The van der Waals surface area contributed by atoms with Gasteiger partial charge in [-0.25, -0.2) is 4.98 Å². The first kappa shape index (κ1) is 10.5. The molecule has 1 atom stereocenters. The van der Waals surface area contributed by atoms with Gasteiger partial charge in [-0.05, 0) is 25.6 Å². The fourth-order valence-electron chi connectivity index (χ4n) is 2.49. The number of likely N-dealkylation sites (tertiary alicyclic amines) is 1. The molecule has 5 heteroatoms. The summed E-state index contributed by atoms with van der Waals surface area (Å²) in [5.41, 5.74) is 7.83. The molecule has 3 heterocycles. The van der Waals surface area contributed by atoms with E-state index in [9.17, 15) is 0 Å². The van der Waals surface area contributed by atoms with Gasteiger partial charge in [-0.1, -0.05) is 6.92 Å². The zero-order valence-electron chi connectivity index (χ0n) is 10.0. The summed E-state index contributed by atoms with van der Waals surface area (Å²) >= 11 is 0. The van der Waals surface area contributed by atoms with Crippen LogP contribution in [0.1, 0.15) is 25.0 Å². The molecule has 0 radical (unpaired) electrons. The standard InChI is InChI=1S/C12H17N5/c1-2-16-6-4-9(8-16)10-7-12-14-5-3-11(13)17(12)15-10/h3,5,7,9H,2,4,6,8,13H2,1H3. The van der Waals surface area contributed by atoms with Gasteiger partial charge in [-0.15, -0.1) is 0 Å². The predicted octanol–water partition coefficient (Wildman–Crippen LogP) is 1.12. The summed E-state index contributed by atoms with van der Waals surface area (Å²) in [6, 6.07) is 3.83. The van der Waals surface area contributed by atoms with Gasteiger partial charge in [0.2, 0.25) is 0 Å². The number of nitrogens with two attached hydrogens (primary N) is 1. The summed E-state index contributed by atoms with van der Waals surface area (Å²) in [4.78, 5) is 6.73. The van der Waals surface area contributed by atoms with Crippen molar-refractivity contribution in [3.05, 3.63) is 24.0 Å². The quantitative estimate of drug-likeness (QED) is 0.841. The lowest BCUT2D eigenvalue weighted by Gasteiger charge is -2.11. The average Bonchev–Trinajstić information content (AvgIpc) is 2.95. The summed E-state index contributed by atoms with van der Waals surface area (Å²) in [5.74, 6) is 1.17. The third-order valence-corrected chi connectivity index (χ3v) is 3.54. The Bertz CT molecular complexity index is 533. The van der Waals surface area contributed by atoms with Gasteiger partial charge in [-0.2, -0.15) is 9.61 Å². The molecule has 1 aliphatic heterocycles. The van der Waals surface area contributed by atoms with Gasteiger partial charge in [0.25, 0.3) is 0 Å². The van der Waals surface area contributed by atoms with Crippen LogP contribution in [0.2, 0.25) is 0 Å². The maximum Gasteiger partial charge on any atom is 0.157 e. The molecule has 1 fully saturated rings. The molecule has 1 aliphatic rings. The van der Waals surface area contributed by atoms with E-state index in [4.69, 9.17) is 5.73 Å². The molecule has 2 N–H and O–H groups in total. The van der Waals surface area contributed by atoms with Crippen LogP contribution in [0.3, 0.4) is 0 Å². The van der Waals surface area contributed by atoms with Crippen molar-refractivity contribution in [3.8, 4) is 0 Å². The number of aromatic nitrogens is 3. The van der Waals surface area contributed by atoms with Crippen molar-refractivity contribution >= 4 is 11.5 Å². The Hall–Kier alpha value is -1.62. The first-order chi connectivity index (χ1) is 8.28. The topological polar surface area (TPSA) is 59.5 Å². The van der Waals surface area contributed by atoms with Gasteiger partial charge in [0.1, 0.15) is 5.82 Å². The molecular formula is C12H17N5. The van der Waals surface area contributed by atoms with Crippen molar-refractivity contribution < 1.29 is 0 Å². The van der Waals surface area contributed by atoms with Crippen molar-refractivity contribution in [1.82, 2.24) is 19.5 Å². The van der Waals surface area contributed by atoms with E-state index in [0.717, 1.165) is 31.0 Å². The number of hydrogen-bond donors (Lipinski definition) is 1. The summed E-state index contributed by atoms with van der Waals surface area (Å²) in [6.07, 6.45) is 2.90. The molecule has 0 aromatic carbocycles. The molecule has 0 bridgehead atoms. The predicted molar refractivity (Wildman–Crippen MR) is 66.9 cm³/mol. The molecule has 1 saturated heterocycles. The summed E-state index contributed by atoms with van der Waals surface area (Å²) in [7, 11) is 0. The Labute approximate surface area is 100 Å². The van der Waals surface area contributed by atoms with Crippen LogP contribution in [-0.4, -0.2) is 39.1 Å². The number of nitrogens with zero attached hydrogens (tertiary/aromatic N) is 4. The Kier molecular flexibility index (Phi) is 2.48. The second kappa shape index (κ2) is 4.00. The minimum absolute atomic E-state index is 0.524. The number of anilines is 1. The van der Waals surface area contributed by atoms with E-state index in [0.29, 0.717) is 11.7 Å². The molecule has 0 saturated carbocycles. The van der Waals surface area contributed by atoms with E-state index in [1.807, 2.05) is 0 Å². The smallest absolute Gasteiger partial charge is 0.157 e. The summed E-state index contributed by atoms with van der Waals surface area (Å²) in [6.45, 7) is 5.58. The Morgan fingerprint density at radius 2 is 2.41 bits per heavy atom. The number of nitrogen functional groups attached to an aromatic ring is 1. The van der Waals surface area contributed by atoms with Crippen LogP contribution >= 0.6 is 0 Å². The highest BCUT2D eigenvalue weighted by molar-refractivity contribution is 5.46. The van der Waals surface area contributed by atoms with E-state index >= 15 is 0 Å². The molecule has 0 spiro atoms. The van der Waals surface area contributed by atoms with Crippen molar-refractivity contribution in [1.29, 1.82) is 0 Å². The summed E-state index contributed by atoms with van der Waals surface area (Å²) < 4.78 is 1.73. The van der Waals surface area contributed by atoms with E-state index in [2.05, 4.69) is 28.0 Å². The lowest BCUT2D eigenvalue weighted by molar-refractivity contribution is 0.353. The van der Waals surface area contributed by atoms with Crippen LogP contribution < -0.4 is 5.73 Å². The van der Waals surface area contributed by atoms with Crippen LogP contribution in [0, 0.1) is 0 Å². The van der Waals surface area contributed by atoms with Crippen LogP contribution in [0.5, 0.6) is 0 Å². The lowest BCUT2D eigenvalue weighted by atomic mass is 10.1. The number of rotatable bonds is 2. The maximum absolute atomic E-state index is 5.87. The van der Waals surface area contributed by atoms with Gasteiger partial charge >= 0.3 is 0 Å². The van der Waals surface area contributed by atoms with Gasteiger partial charge in [0.15, 0.2) is 5.65 Å². The van der Waals surface area contributed by atoms with Crippen LogP contribution in [0.4, 0.5) is 5.82 Å². The van der Waals surface area contributed by atoms with Crippen molar-refractivity contribution in [2.75, 3.05) is 25.4 Å². The largest absolute Gasteiger partial charge is 0.384 e. The lowest BCUT2D eigenvalue weighted by Crippen LogP contribution is -2.19. The van der Waals surface area contributed by atoms with Crippen LogP contribution in [0.15, 0.2) is 18.3 Å². The van der Waals surface area contributed by atoms with Gasteiger partial charge in [-0.3, -0.25) is 0 Å². The van der Waals surface area contributed by atoms with Crippen molar-refractivity contribution in [2.24, 2.45) is 0 Å². The normalized spacial score (nSPS) is 21.4. The number of hydrogen-bond acceptors (Lipinski definition) is 4. The Balaban J connectivity index is 1.94. The third kappa shape index (κ3) is 1.76. The molecule has 3 rings (SSSR count). The highest BCUT2D eigenvalue weighted by Crippen LogP contribution is 2.26. The molecule has 90 valence electrons. The van der Waals surface area contributed by atoms with Gasteiger partial charge in [0, 0.05) is 24.7 Å². The van der Waals surface area contributed by atoms with Gasteiger partial charge in [0.05, 0.1) is 5.69 Å². The fourth-order valence-corrected chi connectivity index (χ4v) is 2.49. The second-order valence-corrected chi connectivity index (χ2v) is 4.59. The van der Waals surface area contributed by atoms with Crippen LogP contribution in [-0.2, 0) is 0 Å². The monoisotopic (exact) mass is 231 g/mol. The van der Waals surface area contributed by atoms with E-state index in [-0.39, 0.29) is 0 Å². The molecule has 0 amide bonds. The highest BCUT2D eigenvalue weighted by atomic mass is 15.3. The SMILES string of the molecule is CCN1CCC(c2cc3nccc(N)n3n2)C1.